The summed E-state index contributed by atoms with van der Waals surface area (Å²) in [6.07, 6.45) is 8.39. The minimum absolute atomic E-state index is 0.372. The summed E-state index contributed by atoms with van der Waals surface area (Å²) in [7, 11) is 2.07. The highest BCUT2D eigenvalue weighted by molar-refractivity contribution is 5.07. The highest BCUT2D eigenvalue weighted by atomic mass is 15.4. The maximum absolute atomic E-state index is 4.24. The average Bonchev–Trinajstić information content (AvgIpc) is 2.81. The molecular formula is C15H28N4. The third-order valence-corrected chi connectivity index (χ3v) is 4.71. The van der Waals surface area contributed by atoms with Crippen LogP contribution in [0.25, 0.3) is 0 Å². The monoisotopic (exact) mass is 264 g/mol. The summed E-state index contributed by atoms with van der Waals surface area (Å²) >= 11 is 0. The van der Waals surface area contributed by atoms with E-state index in [2.05, 4.69) is 48.1 Å². The highest BCUT2D eigenvalue weighted by Gasteiger charge is 2.38. The molecule has 1 aromatic heterocycles. The molecule has 1 aliphatic rings. The van der Waals surface area contributed by atoms with Crippen LogP contribution in [-0.4, -0.2) is 22.0 Å². The molecule has 4 heteroatoms. The van der Waals surface area contributed by atoms with E-state index in [1.54, 1.807) is 0 Å². The first-order chi connectivity index (χ1) is 9.10. The normalized spacial score (nSPS) is 24.3. The van der Waals surface area contributed by atoms with Gasteiger partial charge in [0.25, 0.3) is 0 Å². The largest absolute Gasteiger partial charge is 0.311 e. The van der Waals surface area contributed by atoms with Gasteiger partial charge >= 0.3 is 0 Å². The molecule has 0 radical (unpaired) electrons. The van der Waals surface area contributed by atoms with Gasteiger partial charge in [0.05, 0.1) is 17.9 Å². The van der Waals surface area contributed by atoms with Gasteiger partial charge in [-0.3, -0.25) is 0 Å². The molecule has 1 aromatic rings. The van der Waals surface area contributed by atoms with Crippen molar-refractivity contribution in [1.29, 1.82) is 0 Å². The molecule has 0 bridgehead atoms. The molecule has 0 spiro atoms. The smallest absolute Gasteiger partial charge is 0.0759 e. The summed E-state index contributed by atoms with van der Waals surface area (Å²) in [5.74, 6) is 0.667. The molecule has 1 aliphatic carbocycles. The first-order valence-electron chi connectivity index (χ1n) is 7.65. The van der Waals surface area contributed by atoms with E-state index in [9.17, 15) is 0 Å². The molecule has 1 N–H and O–H groups in total. The van der Waals surface area contributed by atoms with Crippen LogP contribution in [0.5, 0.6) is 0 Å². The van der Waals surface area contributed by atoms with Gasteiger partial charge in [-0.2, -0.15) is 0 Å². The molecular weight excluding hydrogens is 236 g/mol. The second-order valence-electron chi connectivity index (χ2n) is 6.49. The zero-order valence-corrected chi connectivity index (χ0v) is 12.8. The molecule has 19 heavy (non-hydrogen) atoms. The Bertz CT molecular complexity index is 397. The first kappa shape index (κ1) is 14.5. The lowest BCUT2D eigenvalue weighted by Gasteiger charge is -2.43. The standard InChI is InChI=1S/C15H28N4/c1-5-10-19-13(11-17-18-19)14(16-4)12-8-6-7-9-15(12,2)3/h11-12,14,16H,5-10H2,1-4H3. The van der Waals surface area contributed by atoms with Gasteiger partial charge in [0, 0.05) is 6.54 Å². The third-order valence-electron chi connectivity index (χ3n) is 4.71. The lowest BCUT2D eigenvalue weighted by molar-refractivity contribution is 0.0977. The van der Waals surface area contributed by atoms with E-state index in [1.165, 1.54) is 31.4 Å². The SMILES string of the molecule is CCCn1nncc1C(NC)C1CCCCC1(C)C. The highest BCUT2D eigenvalue weighted by Crippen LogP contribution is 2.46. The number of hydrogen-bond acceptors (Lipinski definition) is 3. The molecule has 2 atom stereocenters. The Morgan fingerprint density at radius 2 is 2.26 bits per heavy atom. The quantitative estimate of drug-likeness (QED) is 0.888. The molecule has 1 heterocycles. The van der Waals surface area contributed by atoms with Gasteiger partial charge in [0.2, 0.25) is 0 Å². The maximum atomic E-state index is 4.24. The van der Waals surface area contributed by atoms with E-state index in [0.29, 0.717) is 17.4 Å². The van der Waals surface area contributed by atoms with Crippen LogP contribution in [0.4, 0.5) is 0 Å². The van der Waals surface area contributed by atoms with Crippen molar-refractivity contribution >= 4 is 0 Å². The Morgan fingerprint density at radius 3 is 2.89 bits per heavy atom. The van der Waals surface area contributed by atoms with Crippen LogP contribution in [0.2, 0.25) is 0 Å². The zero-order chi connectivity index (χ0) is 13.9. The van der Waals surface area contributed by atoms with E-state index in [4.69, 9.17) is 0 Å². The van der Waals surface area contributed by atoms with Crippen molar-refractivity contribution in [1.82, 2.24) is 20.3 Å². The van der Waals surface area contributed by atoms with Crippen molar-refractivity contribution in [2.45, 2.75) is 65.5 Å². The van der Waals surface area contributed by atoms with Gasteiger partial charge in [0.15, 0.2) is 0 Å². The molecule has 2 unspecified atom stereocenters. The Kier molecular flexibility index (Phi) is 4.61. The number of rotatable bonds is 5. The summed E-state index contributed by atoms with van der Waals surface area (Å²) in [5, 5.41) is 11.9. The first-order valence-corrected chi connectivity index (χ1v) is 7.65. The number of nitrogens with one attached hydrogen (secondary N) is 1. The van der Waals surface area contributed by atoms with E-state index in [1.807, 2.05) is 6.20 Å². The van der Waals surface area contributed by atoms with Crippen LogP contribution in [0.3, 0.4) is 0 Å². The minimum atomic E-state index is 0.372. The fourth-order valence-corrected chi connectivity index (χ4v) is 3.59. The molecule has 2 rings (SSSR count). The molecule has 0 amide bonds. The Hall–Kier alpha value is -0.900. The lowest BCUT2D eigenvalue weighted by atomic mass is 9.65. The zero-order valence-electron chi connectivity index (χ0n) is 12.8. The molecule has 0 aromatic carbocycles. The predicted octanol–water partition coefficient (Wildman–Crippen LogP) is 3.17. The fourth-order valence-electron chi connectivity index (χ4n) is 3.59. The number of nitrogens with zero attached hydrogens (tertiary/aromatic N) is 3. The van der Waals surface area contributed by atoms with E-state index < -0.39 is 0 Å². The van der Waals surface area contributed by atoms with Crippen molar-refractivity contribution in [3.05, 3.63) is 11.9 Å². The summed E-state index contributed by atoms with van der Waals surface area (Å²) in [4.78, 5) is 0. The number of hydrogen-bond donors (Lipinski definition) is 1. The Labute approximate surface area is 117 Å². The van der Waals surface area contributed by atoms with Gasteiger partial charge in [-0.05, 0) is 37.6 Å². The summed E-state index contributed by atoms with van der Waals surface area (Å²) < 4.78 is 2.08. The van der Waals surface area contributed by atoms with Crippen molar-refractivity contribution in [2.75, 3.05) is 7.05 Å². The molecule has 1 fully saturated rings. The van der Waals surface area contributed by atoms with Crippen molar-refractivity contribution in [3.8, 4) is 0 Å². The van der Waals surface area contributed by atoms with Gasteiger partial charge in [0.1, 0.15) is 0 Å². The summed E-state index contributed by atoms with van der Waals surface area (Å²) in [5.41, 5.74) is 1.65. The topological polar surface area (TPSA) is 42.7 Å². The molecule has 108 valence electrons. The van der Waals surface area contributed by atoms with Crippen molar-refractivity contribution in [2.24, 2.45) is 11.3 Å². The maximum Gasteiger partial charge on any atom is 0.0759 e. The average molecular weight is 264 g/mol. The van der Waals surface area contributed by atoms with Crippen LogP contribution < -0.4 is 5.32 Å². The molecule has 1 saturated carbocycles. The number of aryl methyl sites for hydroxylation is 1. The third kappa shape index (κ3) is 2.99. The van der Waals surface area contributed by atoms with Crippen LogP contribution in [0.1, 0.15) is 64.6 Å². The van der Waals surface area contributed by atoms with Crippen LogP contribution in [0, 0.1) is 11.3 Å². The molecule has 0 aliphatic heterocycles. The van der Waals surface area contributed by atoms with E-state index >= 15 is 0 Å². The second kappa shape index (κ2) is 6.04. The molecule has 4 nitrogen and oxygen atoms in total. The summed E-state index contributed by atoms with van der Waals surface area (Å²) in [6, 6.07) is 0.372. The number of aromatic nitrogens is 3. The van der Waals surface area contributed by atoms with Crippen LogP contribution in [0.15, 0.2) is 6.20 Å². The Balaban J connectivity index is 2.25. The Morgan fingerprint density at radius 1 is 1.47 bits per heavy atom. The molecule has 0 saturated heterocycles. The van der Waals surface area contributed by atoms with E-state index in [-0.39, 0.29) is 0 Å². The van der Waals surface area contributed by atoms with Crippen molar-refractivity contribution in [3.63, 3.8) is 0 Å². The van der Waals surface area contributed by atoms with Crippen LogP contribution in [-0.2, 0) is 6.54 Å². The van der Waals surface area contributed by atoms with E-state index in [0.717, 1.165) is 13.0 Å². The fraction of sp³-hybridized carbons (Fsp3) is 0.867. The van der Waals surface area contributed by atoms with Gasteiger partial charge < -0.3 is 5.32 Å². The predicted molar refractivity (Wildman–Crippen MR) is 77.9 cm³/mol. The minimum Gasteiger partial charge on any atom is -0.311 e. The van der Waals surface area contributed by atoms with Crippen molar-refractivity contribution < 1.29 is 0 Å². The second-order valence-corrected chi connectivity index (χ2v) is 6.49. The van der Waals surface area contributed by atoms with Crippen LogP contribution >= 0.6 is 0 Å². The van der Waals surface area contributed by atoms with Gasteiger partial charge in [-0.25, -0.2) is 4.68 Å². The van der Waals surface area contributed by atoms with Gasteiger partial charge in [-0.15, -0.1) is 5.10 Å². The lowest BCUT2D eigenvalue weighted by Crippen LogP contribution is -2.38. The summed E-state index contributed by atoms with van der Waals surface area (Å²) in [6.45, 7) is 7.97. The van der Waals surface area contributed by atoms with Gasteiger partial charge in [-0.1, -0.05) is 38.8 Å².